The van der Waals surface area contributed by atoms with Gasteiger partial charge in [0.25, 0.3) is 11.7 Å². The Labute approximate surface area is 197 Å². The van der Waals surface area contributed by atoms with Crippen LogP contribution < -0.4 is 4.74 Å². The Morgan fingerprint density at radius 1 is 1.21 bits per heavy atom. The second-order valence-electron chi connectivity index (χ2n) is 8.38. The number of methoxy groups -OCH3 is 1. The van der Waals surface area contributed by atoms with E-state index in [0.29, 0.717) is 17.1 Å². The number of benzene rings is 2. The molecule has 33 heavy (non-hydrogen) atoms. The second kappa shape index (κ2) is 8.94. The molecule has 0 saturated carbocycles. The molecule has 1 unspecified atom stereocenters. The molecule has 0 aliphatic carbocycles. The van der Waals surface area contributed by atoms with Crippen LogP contribution in [0, 0.1) is 13.8 Å². The Hall–Kier alpha value is -3.25. The molecule has 1 saturated heterocycles. The first kappa shape index (κ1) is 22.9. The van der Waals surface area contributed by atoms with E-state index in [4.69, 9.17) is 16.3 Å². The Kier molecular flexibility index (Phi) is 6.21. The third kappa shape index (κ3) is 3.78. The number of carbonyl (C=O) groups is 2. The molecule has 4 rings (SSSR count). The van der Waals surface area contributed by atoms with Crippen molar-refractivity contribution in [1.82, 2.24) is 9.88 Å². The predicted octanol–water partition coefficient (Wildman–Crippen LogP) is 5.67. The maximum Gasteiger partial charge on any atom is 0.295 e. The van der Waals surface area contributed by atoms with Gasteiger partial charge in [-0.1, -0.05) is 43.1 Å². The summed E-state index contributed by atoms with van der Waals surface area (Å²) >= 11 is 6.36. The number of hydrogen-bond acceptors (Lipinski definition) is 4. The van der Waals surface area contributed by atoms with Crippen molar-refractivity contribution < 1.29 is 19.4 Å². The van der Waals surface area contributed by atoms with Gasteiger partial charge in [0, 0.05) is 28.7 Å². The number of aryl methyl sites for hydroxylation is 2. The number of hydrogen-bond donors (Lipinski definition) is 2. The molecule has 6 nitrogen and oxygen atoms in total. The fourth-order valence-corrected chi connectivity index (χ4v) is 5.00. The van der Waals surface area contributed by atoms with Gasteiger partial charge in [0.15, 0.2) is 0 Å². The maximum absolute atomic E-state index is 13.3. The number of ether oxygens (including phenoxy) is 1. The zero-order valence-corrected chi connectivity index (χ0v) is 19.9. The standard InChI is InChI=1S/C26H27ClN2O4/c1-5-6-11-29-22(20-15(3)28-19-10-8-7-9-16(19)20)21(24(31)26(29)32)23(30)17-12-14(2)13-18(27)25(17)33-4/h7-10,12-13,22,28,30H,5-6,11H2,1-4H3/b23-21+. The van der Waals surface area contributed by atoms with E-state index in [9.17, 15) is 14.7 Å². The fourth-order valence-electron chi connectivity index (χ4n) is 4.65. The fraction of sp³-hybridized carbons (Fsp3) is 0.308. The molecule has 0 spiro atoms. The number of unbranched alkanes of at least 4 members (excludes halogenated alkanes) is 1. The van der Waals surface area contributed by atoms with Crippen molar-refractivity contribution in [2.75, 3.05) is 13.7 Å². The van der Waals surface area contributed by atoms with Crippen LogP contribution >= 0.6 is 11.6 Å². The molecule has 1 atom stereocenters. The molecule has 7 heteroatoms. The summed E-state index contributed by atoms with van der Waals surface area (Å²) in [6.45, 7) is 6.19. The van der Waals surface area contributed by atoms with Crippen molar-refractivity contribution >= 4 is 40.0 Å². The lowest BCUT2D eigenvalue weighted by molar-refractivity contribution is -0.139. The van der Waals surface area contributed by atoms with Crippen LogP contribution in [0.15, 0.2) is 42.0 Å². The number of fused-ring (bicyclic) bond motifs is 1. The number of nitrogens with zero attached hydrogens (tertiary/aromatic N) is 1. The Morgan fingerprint density at radius 2 is 1.94 bits per heavy atom. The van der Waals surface area contributed by atoms with Gasteiger partial charge in [-0.25, -0.2) is 0 Å². The number of halogens is 1. The highest BCUT2D eigenvalue weighted by molar-refractivity contribution is 6.47. The Bertz CT molecular complexity index is 1290. The lowest BCUT2D eigenvalue weighted by Crippen LogP contribution is -2.30. The lowest BCUT2D eigenvalue weighted by Gasteiger charge is -2.25. The highest BCUT2D eigenvalue weighted by Crippen LogP contribution is 2.45. The molecule has 2 heterocycles. The smallest absolute Gasteiger partial charge is 0.295 e. The summed E-state index contributed by atoms with van der Waals surface area (Å²) in [5.41, 5.74) is 3.68. The number of amides is 1. The molecule has 2 aromatic carbocycles. The van der Waals surface area contributed by atoms with E-state index in [1.807, 2.05) is 45.0 Å². The molecule has 172 valence electrons. The SMILES string of the molecule is CCCCN1C(=O)C(=O)/C(=C(/O)c2cc(C)cc(Cl)c2OC)C1c1c(C)[nH]c2ccccc12. The summed E-state index contributed by atoms with van der Waals surface area (Å²) in [7, 11) is 1.45. The van der Waals surface area contributed by atoms with E-state index in [-0.39, 0.29) is 17.1 Å². The van der Waals surface area contributed by atoms with E-state index >= 15 is 0 Å². The highest BCUT2D eigenvalue weighted by Gasteiger charge is 2.47. The average molecular weight is 467 g/mol. The lowest BCUT2D eigenvalue weighted by atomic mass is 9.92. The number of aliphatic hydroxyl groups excluding tert-OH is 1. The van der Waals surface area contributed by atoms with E-state index in [0.717, 1.165) is 40.6 Å². The number of rotatable bonds is 6. The molecule has 0 bridgehead atoms. The minimum Gasteiger partial charge on any atom is -0.507 e. The number of nitrogens with one attached hydrogen (secondary N) is 1. The number of aromatic nitrogens is 1. The first-order valence-electron chi connectivity index (χ1n) is 11.0. The number of carbonyl (C=O) groups excluding carboxylic acids is 2. The normalized spacial score (nSPS) is 17.8. The minimum absolute atomic E-state index is 0.0453. The summed E-state index contributed by atoms with van der Waals surface area (Å²) in [6, 6.07) is 10.5. The summed E-state index contributed by atoms with van der Waals surface area (Å²) in [5, 5.41) is 12.7. The number of para-hydroxylation sites is 1. The summed E-state index contributed by atoms with van der Waals surface area (Å²) in [4.78, 5) is 31.4. The van der Waals surface area contributed by atoms with E-state index in [1.54, 1.807) is 17.0 Å². The largest absolute Gasteiger partial charge is 0.507 e. The molecular weight excluding hydrogens is 440 g/mol. The van der Waals surface area contributed by atoms with Gasteiger partial charge in [-0.3, -0.25) is 9.59 Å². The van der Waals surface area contributed by atoms with Crippen LogP contribution in [-0.2, 0) is 9.59 Å². The quantitative estimate of drug-likeness (QED) is 0.278. The second-order valence-corrected chi connectivity index (χ2v) is 8.79. The van der Waals surface area contributed by atoms with Gasteiger partial charge in [0.1, 0.15) is 11.5 Å². The van der Waals surface area contributed by atoms with Crippen molar-refractivity contribution in [2.24, 2.45) is 0 Å². The number of aliphatic hydroxyl groups is 1. The maximum atomic E-state index is 13.3. The summed E-state index contributed by atoms with van der Waals surface area (Å²) < 4.78 is 5.44. The number of Topliss-reactive ketones (excluding diaryl/α,β-unsaturated/α-hetero) is 1. The van der Waals surface area contributed by atoms with Crippen LogP contribution in [0.1, 0.15) is 48.2 Å². The number of ketones is 1. The molecule has 0 radical (unpaired) electrons. The first-order valence-corrected chi connectivity index (χ1v) is 11.4. The van der Waals surface area contributed by atoms with Gasteiger partial charge >= 0.3 is 0 Å². The van der Waals surface area contributed by atoms with Crippen LogP contribution in [0.2, 0.25) is 5.02 Å². The molecule has 1 fully saturated rings. The van der Waals surface area contributed by atoms with E-state index in [1.165, 1.54) is 7.11 Å². The summed E-state index contributed by atoms with van der Waals surface area (Å²) in [6.07, 6.45) is 1.61. The van der Waals surface area contributed by atoms with Gasteiger partial charge in [-0.05, 0) is 44.0 Å². The number of likely N-dealkylation sites (tertiary alicyclic amines) is 1. The van der Waals surface area contributed by atoms with Gasteiger partial charge in [-0.15, -0.1) is 0 Å². The molecular formula is C26H27ClN2O4. The van der Waals surface area contributed by atoms with Crippen molar-refractivity contribution in [3.05, 3.63) is 69.4 Å². The molecule has 2 N–H and O–H groups in total. The zero-order chi connectivity index (χ0) is 23.9. The monoisotopic (exact) mass is 466 g/mol. The van der Waals surface area contributed by atoms with Crippen LogP contribution in [0.4, 0.5) is 0 Å². The van der Waals surface area contributed by atoms with Crippen molar-refractivity contribution in [3.8, 4) is 5.75 Å². The molecule has 1 aromatic heterocycles. The van der Waals surface area contributed by atoms with Gasteiger partial charge in [0.05, 0.1) is 29.3 Å². The third-order valence-corrected chi connectivity index (χ3v) is 6.44. The Balaban J connectivity index is 2.03. The van der Waals surface area contributed by atoms with Crippen molar-refractivity contribution in [3.63, 3.8) is 0 Å². The van der Waals surface area contributed by atoms with Gasteiger partial charge in [-0.2, -0.15) is 0 Å². The van der Waals surface area contributed by atoms with Gasteiger partial charge < -0.3 is 19.7 Å². The first-order chi connectivity index (χ1) is 15.8. The molecule has 1 amide bonds. The van der Waals surface area contributed by atoms with Crippen LogP contribution in [-0.4, -0.2) is 40.3 Å². The number of H-pyrrole nitrogens is 1. The predicted molar refractivity (Wildman–Crippen MR) is 130 cm³/mol. The minimum atomic E-state index is -0.725. The number of aromatic amines is 1. The van der Waals surface area contributed by atoms with Crippen molar-refractivity contribution in [2.45, 2.75) is 39.7 Å². The van der Waals surface area contributed by atoms with E-state index < -0.39 is 17.7 Å². The van der Waals surface area contributed by atoms with E-state index in [2.05, 4.69) is 4.98 Å². The molecule has 1 aliphatic rings. The van der Waals surface area contributed by atoms with Crippen LogP contribution in [0.5, 0.6) is 5.75 Å². The van der Waals surface area contributed by atoms with Gasteiger partial charge in [0.2, 0.25) is 0 Å². The van der Waals surface area contributed by atoms with Crippen LogP contribution in [0.25, 0.3) is 16.7 Å². The Morgan fingerprint density at radius 3 is 2.64 bits per heavy atom. The third-order valence-electron chi connectivity index (χ3n) is 6.16. The highest BCUT2D eigenvalue weighted by atomic mass is 35.5. The average Bonchev–Trinajstić information content (AvgIpc) is 3.23. The summed E-state index contributed by atoms with van der Waals surface area (Å²) in [5.74, 6) is -1.35. The topological polar surface area (TPSA) is 82.6 Å². The molecule has 1 aliphatic heterocycles. The molecule has 3 aromatic rings. The zero-order valence-electron chi connectivity index (χ0n) is 19.2. The van der Waals surface area contributed by atoms with Crippen LogP contribution in [0.3, 0.4) is 0 Å². The van der Waals surface area contributed by atoms with Crippen molar-refractivity contribution in [1.29, 1.82) is 0 Å².